The lowest BCUT2D eigenvalue weighted by molar-refractivity contribution is 0.0794. The van der Waals surface area contributed by atoms with Crippen LogP contribution in [0.15, 0.2) is 42.6 Å². The Morgan fingerprint density at radius 3 is 2.62 bits per heavy atom. The quantitative estimate of drug-likeness (QED) is 0.743. The average molecular weight is 320 g/mol. The van der Waals surface area contributed by atoms with Crippen LogP contribution in [0.25, 0.3) is 22.3 Å². The summed E-state index contributed by atoms with van der Waals surface area (Å²) < 4.78 is 1.85. The molecule has 3 heterocycles. The lowest BCUT2D eigenvalue weighted by Gasteiger charge is -2.16. The fourth-order valence-corrected chi connectivity index (χ4v) is 3.30. The molecular weight excluding hydrogens is 300 g/mol. The van der Waals surface area contributed by atoms with E-state index in [-0.39, 0.29) is 5.91 Å². The Bertz CT molecular complexity index is 879. The van der Waals surface area contributed by atoms with Gasteiger partial charge in [-0.3, -0.25) is 4.79 Å². The minimum atomic E-state index is 0.0905. The molecule has 1 aliphatic rings. The number of nitrogens with zero attached hydrogens (tertiary/aromatic N) is 4. The number of hydrogen-bond donors (Lipinski definition) is 0. The van der Waals surface area contributed by atoms with E-state index >= 15 is 0 Å². The van der Waals surface area contributed by atoms with Crippen LogP contribution in [-0.2, 0) is 6.54 Å². The van der Waals surface area contributed by atoms with Crippen LogP contribution < -0.4 is 0 Å². The van der Waals surface area contributed by atoms with Gasteiger partial charge < -0.3 is 4.90 Å². The zero-order valence-electron chi connectivity index (χ0n) is 13.8. The Hall–Kier alpha value is -2.69. The van der Waals surface area contributed by atoms with E-state index in [0.717, 1.165) is 54.8 Å². The molecule has 1 fully saturated rings. The first-order valence-corrected chi connectivity index (χ1v) is 8.49. The van der Waals surface area contributed by atoms with E-state index in [2.05, 4.69) is 5.10 Å². The first-order chi connectivity index (χ1) is 11.8. The molecule has 0 N–H and O–H groups in total. The highest BCUT2D eigenvalue weighted by atomic mass is 16.2. The first kappa shape index (κ1) is 14.9. The summed E-state index contributed by atoms with van der Waals surface area (Å²) in [4.78, 5) is 19.7. The van der Waals surface area contributed by atoms with E-state index < -0.39 is 0 Å². The van der Waals surface area contributed by atoms with Crippen LogP contribution in [0.2, 0.25) is 0 Å². The normalized spacial score (nSPS) is 14.5. The zero-order chi connectivity index (χ0) is 16.5. The van der Waals surface area contributed by atoms with Gasteiger partial charge in [0.2, 0.25) is 0 Å². The standard InChI is InChI=1S/C19H20N4O/c1-2-23-18-16(13-20-23)15(19(24)22-10-6-7-11-22)12-17(21-18)14-8-4-3-5-9-14/h3-5,8-9,12-13H,2,6-7,10-11H2,1H3. The Kier molecular flexibility index (Phi) is 3.76. The van der Waals surface area contributed by atoms with Gasteiger partial charge in [-0.2, -0.15) is 5.10 Å². The van der Waals surface area contributed by atoms with Gasteiger partial charge in [-0.05, 0) is 25.8 Å². The molecule has 0 unspecified atom stereocenters. The third kappa shape index (κ3) is 2.46. The summed E-state index contributed by atoms with van der Waals surface area (Å²) in [7, 11) is 0. The summed E-state index contributed by atoms with van der Waals surface area (Å²) in [5, 5.41) is 5.24. The van der Waals surface area contributed by atoms with Crippen molar-refractivity contribution in [3.05, 3.63) is 48.2 Å². The molecule has 0 atom stereocenters. The smallest absolute Gasteiger partial charge is 0.254 e. The van der Waals surface area contributed by atoms with Crippen molar-refractivity contribution in [3.8, 4) is 11.3 Å². The number of rotatable bonds is 3. The number of aryl methyl sites for hydroxylation is 1. The number of hydrogen-bond acceptors (Lipinski definition) is 3. The van der Waals surface area contributed by atoms with Gasteiger partial charge >= 0.3 is 0 Å². The van der Waals surface area contributed by atoms with Gasteiger partial charge in [0.1, 0.15) is 0 Å². The van der Waals surface area contributed by atoms with Crippen molar-refractivity contribution in [3.63, 3.8) is 0 Å². The fourth-order valence-electron chi connectivity index (χ4n) is 3.30. The van der Waals surface area contributed by atoms with Gasteiger partial charge in [-0.15, -0.1) is 0 Å². The van der Waals surface area contributed by atoms with Gasteiger partial charge in [-0.1, -0.05) is 30.3 Å². The maximum atomic E-state index is 13.0. The molecule has 5 nitrogen and oxygen atoms in total. The van der Waals surface area contributed by atoms with E-state index in [1.165, 1.54) is 0 Å². The molecule has 24 heavy (non-hydrogen) atoms. The van der Waals surface area contributed by atoms with Crippen molar-refractivity contribution < 1.29 is 4.79 Å². The molecular formula is C19H20N4O. The van der Waals surface area contributed by atoms with E-state index in [9.17, 15) is 4.79 Å². The van der Waals surface area contributed by atoms with E-state index in [1.54, 1.807) is 6.20 Å². The van der Waals surface area contributed by atoms with Crippen LogP contribution in [0.4, 0.5) is 0 Å². The Labute approximate surface area is 140 Å². The van der Waals surface area contributed by atoms with Gasteiger partial charge in [-0.25, -0.2) is 9.67 Å². The van der Waals surface area contributed by atoms with Crippen LogP contribution >= 0.6 is 0 Å². The zero-order valence-corrected chi connectivity index (χ0v) is 13.8. The minimum absolute atomic E-state index is 0.0905. The highest BCUT2D eigenvalue weighted by Gasteiger charge is 2.23. The molecule has 5 heteroatoms. The Morgan fingerprint density at radius 2 is 1.92 bits per heavy atom. The Morgan fingerprint density at radius 1 is 1.17 bits per heavy atom. The molecule has 1 amide bonds. The number of carbonyl (C=O) groups is 1. The third-order valence-corrected chi connectivity index (χ3v) is 4.60. The summed E-state index contributed by atoms with van der Waals surface area (Å²) in [5.74, 6) is 0.0905. The van der Waals surface area contributed by atoms with Gasteiger partial charge in [0.05, 0.1) is 22.8 Å². The Balaban J connectivity index is 1.90. The third-order valence-electron chi connectivity index (χ3n) is 4.60. The van der Waals surface area contributed by atoms with Gasteiger partial charge in [0.25, 0.3) is 5.91 Å². The topological polar surface area (TPSA) is 51.0 Å². The van der Waals surface area contributed by atoms with Crippen molar-refractivity contribution in [2.24, 2.45) is 0 Å². The number of likely N-dealkylation sites (tertiary alicyclic amines) is 1. The molecule has 4 rings (SSSR count). The summed E-state index contributed by atoms with van der Waals surface area (Å²) in [6.45, 7) is 4.44. The largest absolute Gasteiger partial charge is 0.339 e. The molecule has 3 aromatic rings. The lowest BCUT2D eigenvalue weighted by atomic mass is 10.1. The second kappa shape index (κ2) is 6.07. The number of aromatic nitrogens is 3. The maximum Gasteiger partial charge on any atom is 0.254 e. The second-order valence-corrected chi connectivity index (χ2v) is 6.12. The number of carbonyl (C=O) groups excluding carboxylic acids is 1. The van der Waals surface area contributed by atoms with Crippen LogP contribution in [-0.4, -0.2) is 38.7 Å². The molecule has 1 aliphatic heterocycles. The maximum absolute atomic E-state index is 13.0. The number of amides is 1. The SMILES string of the molecule is CCn1ncc2c(C(=O)N3CCCC3)cc(-c3ccccc3)nc21. The van der Waals surface area contributed by atoms with Crippen molar-refractivity contribution in [1.29, 1.82) is 0 Å². The van der Waals surface area contributed by atoms with E-state index in [1.807, 2.05) is 52.9 Å². The van der Waals surface area contributed by atoms with Crippen molar-refractivity contribution in [2.75, 3.05) is 13.1 Å². The van der Waals surface area contributed by atoms with Crippen LogP contribution in [0.1, 0.15) is 30.1 Å². The predicted octanol–water partition coefficient (Wildman–Crippen LogP) is 3.35. The molecule has 0 bridgehead atoms. The molecule has 1 saturated heterocycles. The van der Waals surface area contributed by atoms with Crippen molar-refractivity contribution in [2.45, 2.75) is 26.3 Å². The first-order valence-electron chi connectivity index (χ1n) is 8.49. The second-order valence-electron chi connectivity index (χ2n) is 6.12. The van der Waals surface area contributed by atoms with E-state index in [4.69, 9.17) is 4.98 Å². The monoisotopic (exact) mass is 320 g/mol. The summed E-state index contributed by atoms with van der Waals surface area (Å²) in [5.41, 5.74) is 3.32. The van der Waals surface area contributed by atoms with Gasteiger partial charge in [0, 0.05) is 25.2 Å². The van der Waals surface area contributed by atoms with Crippen LogP contribution in [0.5, 0.6) is 0 Å². The highest BCUT2D eigenvalue weighted by Crippen LogP contribution is 2.26. The van der Waals surface area contributed by atoms with Crippen molar-refractivity contribution in [1.82, 2.24) is 19.7 Å². The average Bonchev–Trinajstić information content (AvgIpc) is 3.30. The number of pyridine rings is 1. The van der Waals surface area contributed by atoms with E-state index in [0.29, 0.717) is 5.56 Å². The molecule has 1 aromatic carbocycles. The molecule has 0 aliphatic carbocycles. The molecule has 0 radical (unpaired) electrons. The molecule has 2 aromatic heterocycles. The van der Waals surface area contributed by atoms with Crippen LogP contribution in [0.3, 0.4) is 0 Å². The van der Waals surface area contributed by atoms with Crippen LogP contribution in [0, 0.1) is 0 Å². The fraction of sp³-hybridized carbons (Fsp3) is 0.316. The van der Waals surface area contributed by atoms with Crippen molar-refractivity contribution >= 4 is 16.9 Å². The summed E-state index contributed by atoms with van der Waals surface area (Å²) in [6.07, 6.45) is 3.93. The lowest BCUT2D eigenvalue weighted by Crippen LogP contribution is -2.27. The molecule has 122 valence electrons. The molecule has 0 saturated carbocycles. The van der Waals surface area contributed by atoms with Gasteiger partial charge in [0.15, 0.2) is 5.65 Å². The molecule has 0 spiro atoms. The highest BCUT2D eigenvalue weighted by molar-refractivity contribution is 6.06. The number of fused-ring (bicyclic) bond motifs is 1. The summed E-state index contributed by atoms with van der Waals surface area (Å²) >= 11 is 0. The number of benzene rings is 1. The summed E-state index contributed by atoms with van der Waals surface area (Å²) in [6, 6.07) is 11.9. The minimum Gasteiger partial charge on any atom is -0.339 e. The predicted molar refractivity (Wildman–Crippen MR) is 93.8 cm³/mol.